The first-order chi connectivity index (χ1) is 15.9. The summed E-state index contributed by atoms with van der Waals surface area (Å²) in [6, 6.07) is 20.5. The summed E-state index contributed by atoms with van der Waals surface area (Å²) in [4.78, 5) is 34.8. The van der Waals surface area contributed by atoms with Gasteiger partial charge in [0.05, 0.1) is 10.5 Å². The molecule has 9 heteroatoms. The van der Waals surface area contributed by atoms with Gasteiger partial charge in [-0.15, -0.1) is 0 Å². The van der Waals surface area contributed by atoms with E-state index in [1.54, 1.807) is 18.2 Å². The average molecular weight is 451 g/mol. The second-order valence-corrected chi connectivity index (χ2v) is 6.76. The van der Waals surface area contributed by atoms with Gasteiger partial charge in [-0.2, -0.15) is 0 Å². The number of hydrogen-bond acceptors (Lipinski definition) is 8. The summed E-state index contributed by atoms with van der Waals surface area (Å²) in [7, 11) is 0. The fourth-order valence-electron chi connectivity index (χ4n) is 2.68. The molecule has 0 spiro atoms. The second-order valence-electron chi connectivity index (χ2n) is 6.76. The van der Waals surface area contributed by atoms with Crippen molar-refractivity contribution < 1.29 is 33.5 Å². The molecule has 0 aliphatic rings. The van der Waals surface area contributed by atoms with E-state index < -0.39 is 23.0 Å². The van der Waals surface area contributed by atoms with E-state index in [1.165, 1.54) is 49.4 Å². The number of hydrogen-bond donors (Lipinski definition) is 0. The van der Waals surface area contributed by atoms with E-state index in [0.29, 0.717) is 5.75 Å². The van der Waals surface area contributed by atoms with Gasteiger partial charge in [-0.3, -0.25) is 10.1 Å². The third kappa shape index (κ3) is 7.06. The Labute approximate surface area is 189 Å². The standard InChI is InChI=1S/C24H21NO8/c1-17(32-21-12-10-19(11-13-21)25(28)29)23(26)33-22-9-5-6-18(16-22)24(27)31-15-14-30-20-7-3-2-4-8-20/h2-13,16-17H,14-15H2,1H3. The molecular weight excluding hydrogens is 430 g/mol. The number of nitro benzene ring substituents is 1. The summed E-state index contributed by atoms with van der Waals surface area (Å²) in [5, 5.41) is 10.7. The number of non-ortho nitro benzene ring substituents is 1. The Morgan fingerprint density at radius 3 is 2.27 bits per heavy atom. The number of rotatable bonds is 10. The quantitative estimate of drug-likeness (QED) is 0.148. The van der Waals surface area contributed by atoms with Gasteiger partial charge in [-0.25, -0.2) is 9.59 Å². The number of carbonyl (C=O) groups is 2. The van der Waals surface area contributed by atoms with Crippen LogP contribution in [-0.4, -0.2) is 36.2 Å². The molecule has 0 aromatic heterocycles. The van der Waals surface area contributed by atoms with Crippen LogP contribution in [-0.2, 0) is 9.53 Å². The molecule has 1 unspecified atom stereocenters. The van der Waals surface area contributed by atoms with Crippen molar-refractivity contribution >= 4 is 17.6 Å². The third-order valence-electron chi connectivity index (χ3n) is 4.31. The molecule has 3 aromatic carbocycles. The molecule has 0 heterocycles. The molecule has 0 bridgehead atoms. The lowest BCUT2D eigenvalue weighted by Gasteiger charge is -2.14. The van der Waals surface area contributed by atoms with Crippen LogP contribution in [0.3, 0.4) is 0 Å². The molecule has 0 saturated carbocycles. The lowest BCUT2D eigenvalue weighted by atomic mass is 10.2. The van der Waals surface area contributed by atoms with E-state index in [9.17, 15) is 19.7 Å². The maximum atomic E-state index is 12.3. The lowest BCUT2D eigenvalue weighted by molar-refractivity contribution is -0.384. The molecule has 170 valence electrons. The van der Waals surface area contributed by atoms with E-state index in [1.807, 2.05) is 18.2 Å². The molecule has 1 atom stereocenters. The van der Waals surface area contributed by atoms with Gasteiger partial charge in [0, 0.05) is 12.1 Å². The van der Waals surface area contributed by atoms with E-state index in [4.69, 9.17) is 18.9 Å². The Hall–Kier alpha value is -4.40. The van der Waals surface area contributed by atoms with Crippen molar-refractivity contribution in [2.24, 2.45) is 0 Å². The number of nitrogens with zero attached hydrogens (tertiary/aromatic N) is 1. The molecule has 33 heavy (non-hydrogen) atoms. The van der Waals surface area contributed by atoms with Crippen molar-refractivity contribution in [2.45, 2.75) is 13.0 Å². The zero-order chi connectivity index (χ0) is 23.6. The predicted molar refractivity (Wildman–Crippen MR) is 117 cm³/mol. The maximum absolute atomic E-state index is 12.3. The van der Waals surface area contributed by atoms with Gasteiger partial charge in [0.25, 0.3) is 5.69 Å². The average Bonchev–Trinajstić information content (AvgIpc) is 2.83. The lowest BCUT2D eigenvalue weighted by Crippen LogP contribution is -2.28. The van der Waals surface area contributed by atoms with Crippen molar-refractivity contribution in [3.63, 3.8) is 0 Å². The first-order valence-corrected chi connectivity index (χ1v) is 10.0. The van der Waals surface area contributed by atoms with Gasteiger partial charge in [0.1, 0.15) is 30.5 Å². The van der Waals surface area contributed by atoms with Gasteiger partial charge in [-0.05, 0) is 49.4 Å². The Kier molecular flexibility index (Phi) is 7.96. The fraction of sp³-hybridized carbons (Fsp3) is 0.167. The smallest absolute Gasteiger partial charge is 0.352 e. The van der Waals surface area contributed by atoms with E-state index in [0.717, 1.165) is 0 Å². The summed E-state index contributed by atoms with van der Waals surface area (Å²) in [5.74, 6) is -0.184. The van der Waals surface area contributed by atoms with Crippen LogP contribution < -0.4 is 14.2 Å². The normalized spacial score (nSPS) is 11.2. The van der Waals surface area contributed by atoms with E-state index in [2.05, 4.69) is 0 Å². The third-order valence-corrected chi connectivity index (χ3v) is 4.31. The van der Waals surface area contributed by atoms with Crippen LogP contribution in [0.5, 0.6) is 17.2 Å². The number of carbonyl (C=O) groups excluding carboxylic acids is 2. The molecule has 3 rings (SSSR count). The summed E-state index contributed by atoms with van der Waals surface area (Å²) in [5.41, 5.74) is 0.122. The molecular formula is C24H21NO8. The molecule has 0 amide bonds. The van der Waals surface area contributed by atoms with Crippen molar-refractivity contribution in [1.29, 1.82) is 0 Å². The Bertz CT molecular complexity index is 1100. The van der Waals surface area contributed by atoms with Crippen LogP contribution in [0.4, 0.5) is 5.69 Å². The Morgan fingerprint density at radius 1 is 0.879 bits per heavy atom. The SMILES string of the molecule is CC(Oc1ccc([N+](=O)[O-])cc1)C(=O)Oc1cccc(C(=O)OCCOc2ccccc2)c1. The largest absolute Gasteiger partial charge is 0.490 e. The molecule has 3 aromatic rings. The molecule has 0 radical (unpaired) electrons. The fourth-order valence-corrected chi connectivity index (χ4v) is 2.68. The summed E-state index contributed by atoms with van der Waals surface area (Å²) < 4.78 is 21.4. The minimum atomic E-state index is -0.989. The molecule has 0 saturated heterocycles. The van der Waals surface area contributed by atoms with Crippen molar-refractivity contribution in [3.05, 3.63) is 94.5 Å². The number of ether oxygens (including phenoxy) is 4. The molecule has 0 fully saturated rings. The van der Waals surface area contributed by atoms with Crippen molar-refractivity contribution in [3.8, 4) is 17.2 Å². The minimum absolute atomic E-state index is 0.0534. The monoisotopic (exact) mass is 451 g/mol. The summed E-state index contributed by atoms with van der Waals surface area (Å²) >= 11 is 0. The molecule has 0 N–H and O–H groups in total. The van der Waals surface area contributed by atoms with Crippen molar-refractivity contribution in [1.82, 2.24) is 0 Å². The summed E-state index contributed by atoms with van der Waals surface area (Å²) in [6.07, 6.45) is -0.989. The minimum Gasteiger partial charge on any atom is -0.490 e. The van der Waals surface area contributed by atoms with Gasteiger partial charge >= 0.3 is 11.9 Å². The van der Waals surface area contributed by atoms with Crippen LogP contribution in [0.15, 0.2) is 78.9 Å². The van der Waals surface area contributed by atoms with Gasteiger partial charge in [0.15, 0.2) is 6.10 Å². The highest BCUT2D eigenvalue weighted by Crippen LogP contribution is 2.20. The number of esters is 2. The van der Waals surface area contributed by atoms with Crippen LogP contribution in [0.25, 0.3) is 0 Å². The Morgan fingerprint density at radius 2 is 1.58 bits per heavy atom. The molecule has 0 aliphatic carbocycles. The first-order valence-electron chi connectivity index (χ1n) is 10.0. The first kappa shape index (κ1) is 23.3. The van der Waals surface area contributed by atoms with Crippen LogP contribution in [0.1, 0.15) is 17.3 Å². The molecule has 0 aliphatic heterocycles. The molecule has 9 nitrogen and oxygen atoms in total. The number of benzene rings is 3. The second kappa shape index (κ2) is 11.3. The number of para-hydroxylation sites is 1. The highest BCUT2D eigenvalue weighted by molar-refractivity contribution is 5.90. The highest BCUT2D eigenvalue weighted by atomic mass is 16.6. The van der Waals surface area contributed by atoms with Crippen LogP contribution in [0.2, 0.25) is 0 Å². The zero-order valence-electron chi connectivity index (χ0n) is 17.7. The van der Waals surface area contributed by atoms with Crippen molar-refractivity contribution in [2.75, 3.05) is 13.2 Å². The van der Waals surface area contributed by atoms with E-state index >= 15 is 0 Å². The zero-order valence-corrected chi connectivity index (χ0v) is 17.7. The maximum Gasteiger partial charge on any atom is 0.352 e. The Balaban J connectivity index is 1.49. The highest BCUT2D eigenvalue weighted by Gasteiger charge is 2.19. The van der Waals surface area contributed by atoms with Crippen LogP contribution in [0, 0.1) is 10.1 Å². The number of nitro groups is 1. The van der Waals surface area contributed by atoms with Gasteiger partial charge in [0.2, 0.25) is 0 Å². The topological polar surface area (TPSA) is 114 Å². The predicted octanol–water partition coefficient (Wildman–Crippen LogP) is 4.20. The van der Waals surface area contributed by atoms with Gasteiger partial charge in [-0.1, -0.05) is 24.3 Å². The van der Waals surface area contributed by atoms with E-state index in [-0.39, 0.29) is 36.0 Å². The van der Waals surface area contributed by atoms with Crippen LogP contribution >= 0.6 is 0 Å². The van der Waals surface area contributed by atoms with Gasteiger partial charge < -0.3 is 18.9 Å². The summed E-state index contributed by atoms with van der Waals surface area (Å²) in [6.45, 7) is 1.73.